The van der Waals surface area contributed by atoms with Crippen molar-refractivity contribution in [1.82, 2.24) is 0 Å². The molecule has 0 heterocycles. The van der Waals surface area contributed by atoms with Gasteiger partial charge in [-0.15, -0.1) is 0 Å². The molecule has 0 fully saturated rings. The monoisotopic (exact) mass is 194 g/mol. The van der Waals surface area contributed by atoms with E-state index in [4.69, 9.17) is 9.47 Å². The number of aryl methyl sites for hydroxylation is 1. The first-order valence-corrected chi connectivity index (χ1v) is 4.90. The Morgan fingerprint density at radius 2 is 2.00 bits per heavy atom. The number of benzene rings is 1. The van der Waals surface area contributed by atoms with Gasteiger partial charge in [0.05, 0.1) is 13.2 Å². The Morgan fingerprint density at radius 3 is 2.43 bits per heavy atom. The SMILES string of the molecule is CCC(OC)c1ccc(OC)c(C)c1. The van der Waals surface area contributed by atoms with E-state index in [1.54, 1.807) is 14.2 Å². The van der Waals surface area contributed by atoms with Crippen molar-refractivity contribution in [2.75, 3.05) is 14.2 Å². The third kappa shape index (κ3) is 2.26. The van der Waals surface area contributed by atoms with Gasteiger partial charge in [-0.3, -0.25) is 0 Å². The minimum absolute atomic E-state index is 0.194. The highest BCUT2D eigenvalue weighted by Crippen LogP contribution is 2.25. The average Bonchev–Trinajstić information content (AvgIpc) is 2.20. The van der Waals surface area contributed by atoms with Crippen molar-refractivity contribution in [2.24, 2.45) is 0 Å². The van der Waals surface area contributed by atoms with Crippen LogP contribution in [0.1, 0.15) is 30.6 Å². The molecule has 14 heavy (non-hydrogen) atoms. The number of methoxy groups -OCH3 is 2. The minimum Gasteiger partial charge on any atom is -0.496 e. The van der Waals surface area contributed by atoms with Gasteiger partial charge in [0.1, 0.15) is 5.75 Å². The molecule has 1 atom stereocenters. The summed E-state index contributed by atoms with van der Waals surface area (Å²) in [6.07, 6.45) is 1.18. The van der Waals surface area contributed by atoms with Gasteiger partial charge in [0.25, 0.3) is 0 Å². The zero-order valence-corrected chi connectivity index (χ0v) is 9.33. The normalized spacial score (nSPS) is 12.6. The smallest absolute Gasteiger partial charge is 0.121 e. The van der Waals surface area contributed by atoms with Crippen LogP contribution in [0.25, 0.3) is 0 Å². The zero-order valence-electron chi connectivity index (χ0n) is 9.33. The van der Waals surface area contributed by atoms with E-state index in [2.05, 4.69) is 19.1 Å². The molecule has 0 aromatic heterocycles. The molecule has 0 aliphatic rings. The van der Waals surface area contributed by atoms with E-state index >= 15 is 0 Å². The van der Waals surface area contributed by atoms with Crippen molar-refractivity contribution in [3.63, 3.8) is 0 Å². The summed E-state index contributed by atoms with van der Waals surface area (Å²) in [6.45, 7) is 4.17. The fourth-order valence-electron chi connectivity index (χ4n) is 1.64. The lowest BCUT2D eigenvalue weighted by Crippen LogP contribution is -2.00. The third-order valence-electron chi connectivity index (χ3n) is 2.45. The molecule has 0 spiro atoms. The molecule has 0 N–H and O–H groups in total. The summed E-state index contributed by atoms with van der Waals surface area (Å²) in [5, 5.41) is 0. The summed E-state index contributed by atoms with van der Waals surface area (Å²) < 4.78 is 10.6. The molecule has 0 radical (unpaired) electrons. The largest absolute Gasteiger partial charge is 0.496 e. The van der Waals surface area contributed by atoms with E-state index in [1.165, 1.54) is 5.56 Å². The predicted octanol–water partition coefficient (Wildman–Crippen LogP) is 3.10. The van der Waals surface area contributed by atoms with Crippen molar-refractivity contribution in [2.45, 2.75) is 26.4 Å². The first kappa shape index (κ1) is 11.1. The Morgan fingerprint density at radius 1 is 1.29 bits per heavy atom. The van der Waals surface area contributed by atoms with E-state index in [-0.39, 0.29) is 6.10 Å². The Hall–Kier alpha value is -1.02. The van der Waals surface area contributed by atoms with E-state index in [0.29, 0.717) is 0 Å². The van der Waals surface area contributed by atoms with Crippen LogP contribution in [-0.4, -0.2) is 14.2 Å². The van der Waals surface area contributed by atoms with Crippen LogP contribution in [0.4, 0.5) is 0 Å². The van der Waals surface area contributed by atoms with Crippen LogP contribution in [0.5, 0.6) is 5.75 Å². The first-order valence-electron chi connectivity index (χ1n) is 4.90. The van der Waals surface area contributed by atoms with Crippen molar-refractivity contribution in [3.8, 4) is 5.75 Å². The fraction of sp³-hybridized carbons (Fsp3) is 0.500. The molecule has 1 aromatic carbocycles. The molecule has 2 nitrogen and oxygen atoms in total. The van der Waals surface area contributed by atoms with Crippen molar-refractivity contribution in [1.29, 1.82) is 0 Å². The van der Waals surface area contributed by atoms with Crippen LogP contribution < -0.4 is 4.74 Å². The summed E-state index contributed by atoms with van der Waals surface area (Å²) in [4.78, 5) is 0. The van der Waals surface area contributed by atoms with Crippen LogP contribution in [0.2, 0.25) is 0 Å². The molecular weight excluding hydrogens is 176 g/mol. The molecule has 78 valence electrons. The highest BCUT2D eigenvalue weighted by molar-refractivity contribution is 5.36. The van der Waals surface area contributed by atoms with Crippen molar-refractivity contribution in [3.05, 3.63) is 29.3 Å². The van der Waals surface area contributed by atoms with Gasteiger partial charge >= 0.3 is 0 Å². The summed E-state index contributed by atoms with van der Waals surface area (Å²) >= 11 is 0. The predicted molar refractivity (Wildman–Crippen MR) is 57.8 cm³/mol. The van der Waals surface area contributed by atoms with Crippen LogP contribution in [0.15, 0.2) is 18.2 Å². The van der Waals surface area contributed by atoms with Crippen LogP contribution in [-0.2, 0) is 4.74 Å². The minimum atomic E-state index is 0.194. The lowest BCUT2D eigenvalue weighted by molar-refractivity contribution is 0.0999. The number of ether oxygens (including phenoxy) is 2. The Labute approximate surface area is 85.8 Å². The number of rotatable bonds is 4. The molecule has 0 amide bonds. The Kier molecular flexibility index (Phi) is 3.96. The topological polar surface area (TPSA) is 18.5 Å². The van der Waals surface area contributed by atoms with E-state index in [0.717, 1.165) is 17.7 Å². The molecule has 0 aliphatic heterocycles. The lowest BCUT2D eigenvalue weighted by atomic mass is 10.0. The molecule has 1 rings (SSSR count). The van der Waals surface area contributed by atoms with Gasteiger partial charge in [-0.1, -0.05) is 13.0 Å². The quantitative estimate of drug-likeness (QED) is 0.733. The number of hydrogen-bond acceptors (Lipinski definition) is 2. The second-order valence-corrected chi connectivity index (χ2v) is 3.36. The van der Waals surface area contributed by atoms with Gasteiger partial charge in [-0.2, -0.15) is 0 Å². The second-order valence-electron chi connectivity index (χ2n) is 3.36. The maximum absolute atomic E-state index is 5.37. The van der Waals surface area contributed by atoms with E-state index < -0.39 is 0 Å². The van der Waals surface area contributed by atoms with E-state index in [1.807, 2.05) is 13.0 Å². The fourth-order valence-corrected chi connectivity index (χ4v) is 1.64. The Balaban J connectivity index is 2.95. The van der Waals surface area contributed by atoms with Gasteiger partial charge in [0.15, 0.2) is 0 Å². The molecule has 0 bridgehead atoms. The van der Waals surface area contributed by atoms with Gasteiger partial charge in [-0.05, 0) is 36.6 Å². The number of hydrogen-bond donors (Lipinski definition) is 0. The van der Waals surface area contributed by atoms with E-state index in [9.17, 15) is 0 Å². The van der Waals surface area contributed by atoms with Gasteiger partial charge in [0, 0.05) is 7.11 Å². The zero-order chi connectivity index (χ0) is 10.6. The van der Waals surface area contributed by atoms with Crippen molar-refractivity contribution >= 4 is 0 Å². The molecular formula is C12H18O2. The maximum atomic E-state index is 5.37. The molecule has 1 aromatic rings. The summed E-state index contributed by atoms with van der Waals surface area (Å²) in [5.41, 5.74) is 2.37. The summed E-state index contributed by atoms with van der Waals surface area (Å²) in [5.74, 6) is 0.930. The standard InChI is InChI=1S/C12H18O2/c1-5-11(13-3)10-6-7-12(14-4)9(2)8-10/h6-8,11H,5H2,1-4H3. The first-order chi connectivity index (χ1) is 6.72. The van der Waals surface area contributed by atoms with Gasteiger partial charge in [-0.25, -0.2) is 0 Å². The summed E-state index contributed by atoms with van der Waals surface area (Å²) in [6, 6.07) is 6.17. The molecule has 1 unspecified atom stereocenters. The highest BCUT2D eigenvalue weighted by atomic mass is 16.5. The third-order valence-corrected chi connectivity index (χ3v) is 2.45. The molecule has 0 saturated heterocycles. The van der Waals surface area contributed by atoms with Gasteiger partial charge in [0.2, 0.25) is 0 Å². The Bertz CT molecular complexity index is 290. The molecule has 0 saturated carbocycles. The van der Waals surface area contributed by atoms with Gasteiger partial charge < -0.3 is 9.47 Å². The molecule has 0 aliphatic carbocycles. The lowest BCUT2D eigenvalue weighted by Gasteiger charge is -2.15. The van der Waals surface area contributed by atoms with Crippen LogP contribution in [0, 0.1) is 6.92 Å². The summed E-state index contributed by atoms with van der Waals surface area (Å²) in [7, 11) is 3.43. The average molecular weight is 194 g/mol. The second kappa shape index (κ2) is 5.01. The highest BCUT2D eigenvalue weighted by Gasteiger charge is 2.09. The van der Waals surface area contributed by atoms with Crippen molar-refractivity contribution < 1.29 is 9.47 Å². The maximum Gasteiger partial charge on any atom is 0.121 e. The van der Waals surface area contributed by atoms with Crippen LogP contribution in [0.3, 0.4) is 0 Å². The van der Waals surface area contributed by atoms with Crippen LogP contribution >= 0.6 is 0 Å². The molecule has 2 heteroatoms.